The number of nitrogens with one attached hydrogen (secondary N) is 1. The molecule has 1 aromatic carbocycles. The van der Waals surface area contributed by atoms with E-state index < -0.39 is 17.6 Å². The Bertz CT molecular complexity index is 805. The third kappa shape index (κ3) is 3.88. The summed E-state index contributed by atoms with van der Waals surface area (Å²) in [6.07, 6.45) is 0. The Morgan fingerprint density at radius 2 is 2.00 bits per heavy atom. The van der Waals surface area contributed by atoms with E-state index >= 15 is 0 Å². The van der Waals surface area contributed by atoms with Gasteiger partial charge in [0.2, 0.25) is 5.91 Å². The molecule has 1 aromatic rings. The van der Waals surface area contributed by atoms with Gasteiger partial charge < -0.3 is 20.9 Å². The molecule has 0 radical (unpaired) electrons. The lowest BCUT2D eigenvalue weighted by Gasteiger charge is -2.41. The second kappa shape index (κ2) is 7.03. The van der Waals surface area contributed by atoms with E-state index in [1.165, 1.54) is 12.1 Å². The lowest BCUT2D eigenvalue weighted by Crippen LogP contribution is -2.59. The number of halogens is 2. The normalized spacial score (nSPS) is 22.7. The van der Waals surface area contributed by atoms with Gasteiger partial charge in [-0.3, -0.25) is 4.79 Å². The van der Waals surface area contributed by atoms with E-state index in [1.807, 2.05) is 25.7 Å². The molecule has 3 N–H and O–H groups in total. The van der Waals surface area contributed by atoms with E-state index in [4.69, 9.17) is 17.3 Å². The lowest BCUT2D eigenvalue weighted by atomic mass is 9.88. The van der Waals surface area contributed by atoms with Gasteiger partial charge in [0.05, 0.1) is 12.0 Å². The highest BCUT2D eigenvalue weighted by Gasteiger charge is 2.47. The number of benzene rings is 1. The maximum Gasteiger partial charge on any atom is 0.317 e. The van der Waals surface area contributed by atoms with E-state index in [-0.39, 0.29) is 17.6 Å². The first kappa shape index (κ1) is 19.5. The van der Waals surface area contributed by atoms with Gasteiger partial charge in [0.25, 0.3) is 0 Å². The monoisotopic (exact) mass is 394 g/mol. The largest absolute Gasteiger partial charge is 0.369 e. The standard InChI is InChI=1S/C19H24ClFN4O2/c1-19(2,3)23-18(27)24-7-8-25-13(10-24)15(17(22)26)14(16(25)20)11-5-4-6-12(21)9-11/h4-6,9,13,15H,7-8,10H2,1-3H3,(H2,22,26)(H,23,27). The summed E-state index contributed by atoms with van der Waals surface area (Å²) >= 11 is 6.57. The zero-order valence-corrected chi connectivity index (χ0v) is 16.4. The van der Waals surface area contributed by atoms with Crippen LogP contribution in [0.25, 0.3) is 5.57 Å². The number of fused-ring (bicyclic) bond motifs is 1. The number of rotatable bonds is 2. The summed E-state index contributed by atoms with van der Waals surface area (Å²) in [7, 11) is 0. The van der Waals surface area contributed by atoms with Gasteiger partial charge in [-0.05, 0) is 38.5 Å². The van der Waals surface area contributed by atoms with Crippen molar-refractivity contribution in [2.75, 3.05) is 19.6 Å². The first-order valence-corrected chi connectivity index (χ1v) is 9.25. The highest BCUT2D eigenvalue weighted by atomic mass is 35.5. The fourth-order valence-corrected chi connectivity index (χ4v) is 4.12. The lowest BCUT2D eigenvalue weighted by molar-refractivity contribution is -0.121. The molecule has 2 aliphatic rings. The molecule has 6 nitrogen and oxygen atoms in total. The summed E-state index contributed by atoms with van der Waals surface area (Å²) in [5.41, 5.74) is 6.37. The van der Waals surface area contributed by atoms with Crippen LogP contribution in [-0.4, -0.2) is 53.0 Å². The van der Waals surface area contributed by atoms with Crippen molar-refractivity contribution in [2.45, 2.75) is 32.4 Å². The Balaban J connectivity index is 1.90. The summed E-state index contributed by atoms with van der Waals surface area (Å²) in [6.45, 7) is 6.97. The minimum atomic E-state index is -0.718. The smallest absolute Gasteiger partial charge is 0.317 e. The molecule has 0 aromatic heterocycles. The number of carbonyl (C=O) groups excluding carboxylic acids is 2. The van der Waals surface area contributed by atoms with Crippen LogP contribution in [0.3, 0.4) is 0 Å². The highest BCUT2D eigenvalue weighted by Crippen LogP contribution is 2.43. The van der Waals surface area contributed by atoms with Crippen molar-refractivity contribution in [2.24, 2.45) is 11.7 Å². The molecule has 2 aliphatic heterocycles. The summed E-state index contributed by atoms with van der Waals surface area (Å²) in [5.74, 6) is -1.67. The van der Waals surface area contributed by atoms with Crippen molar-refractivity contribution in [1.82, 2.24) is 15.1 Å². The molecule has 1 fully saturated rings. The van der Waals surface area contributed by atoms with Crippen molar-refractivity contribution in [3.05, 3.63) is 40.8 Å². The molecule has 3 amide bonds. The van der Waals surface area contributed by atoms with Gasteiger partial charge in [-0.25, -0.2) is 9.18 Å². The van der Waals surface area contributed by atoms with E-state index in [0.717, 1.165) is 0 Å². The Morgan fingerprint density at radius 1 is 1.30 bits per heavy atom. The predicted octanol–water partition coefficient (Wildman–Crippen LogP) is 2.34. The van der Waals surface area contributed by atoms with Crippen LogP contribution in [0.5, 0.6) is 0 Å². The van der Waals surface area contributed by atoms with Gasteiger partial charge in [-0.1, -0.05) is 23.7 Å². The Hall–Kier alpha value is -2.28. The van der Waals surface area contributed by atoms with Gasteiger partial charge >= 0.3 is 6.03 Å². The average molecular weight is 395 g/mol. The molecule has 0 aliphatic carbocycles. The van der Waals surface area contributed by atoms with Gasteiger partial charge in [0.15, 0.2) is 0 Å². The quantitative estimate of drug-likeness (QED) is 0.756. The summed E-state index contributed by atoms with van der Waals surface area (Å²) in [6, 6.07) is 5.39. The highest BCUT2D eigenvalue weighted by molar-refractivity contribution is 6.33. The molecular weight excluding hydrogens is 371 g/mol. The van der Waals surface area contributed by atoms with Crippen LogP contribution in [0.4, 0.5) is 9.18 Å². The van der Waals surface area contributed by atoms with Crippen LogP contribution in [0.1, 0.15) is 26.3 Å². The molecule has 2 atom stereocenters. The number of hydrogen-bond donors (Lipinski definition) is 2. The van der Waals surface area contributed by atoms with Gasteiger partial charge in [-0.15, -0.1) is 0 Å². The molecule has 1 saturated heterocycles. The topological polar surface area (TPSA) is 78.7 Å². The first-order chi connectivity index (χ1) is 12.6. The van der Waals surface area contributed by atoms with Crippen LogP contribution in [-0.2, 0) is 4.79 Å². The van der Waals surface area contributed by atoms with Crippen molar-refractivity contribution in [3.63, 3.8) is 0 Å². The fourth-order valence-electron chi connectivity index (χ4n) is 3.69. The molecule has 2 unspecified atom stereocenters. The van der Waals surface area contributed by atoms with Crippen molar-refractivity contribution < 1.29 is 14.0 Å². The number of urea groups is 1. The summed E-state index contributed by atoms with van der Waals surface area (Å²) in [5, 5.41) is 3.32. The Labute approximate surface area is 163 Å². The molecular formula is C19H24ClFN4O2. The number of nitrogens with two attached hydrogens (primary N) is 1. The minimum absolute atomic E-state index is 0.194. The van der Waals surface area contributed by atoms with Crippen LogP contribution < -0.4 is 11.1 Å². The third-order valence-electron chi connectivity index (χ3n) is 4.80. The van der Waals surface area contributed by atoms with Gasteiger partial charge in [0.1, 0.15) is 11.0 Å². The average Bonchev–Trinajstić information content (AvgIpc) is 2.86. The molecule has 3 rings (SSSR count). The SMILES string of the molecule is CC(C)(C)NC(=O)N1CCN2C(Cl)=C(c3cccc(F)c3)C(C(N)=O)C2C1. The number of carbonyl (C=O) groups is 2. The molecule has 146 valence electrons. The molecule has 0 saturated carbocycles. The number of hydrogen-bond acceptors (Lipinski definition) is 3. The number of amides is 3. The second-order valence-corrected chi connectivity index (χ2v) is 8.34. The summed E-state index contributed by atoms with van der Waals surface area (Å²) in [4.78, 5) is 28.4. The van der Waals surface area contributed by atoms with Crippen LogP contribution >= 0.6 is 11.6 Å². The Kier molecular flexibility index (Phi) is 5.08. The Morgan fingerprint density at radius 3 is 2.59 bits per heavy atom. The van der Waals surface area contributed by atoms with E-state index in [9.17, 15) is 14.0 Å². The molecule has 0 bridgehead atoms. The molecule has 27 heavy (non-hydrogen) atoms. The number of nitrogens with zero attached hydrogens (tertiary/aromatic N) is 2. The van der Waals surface area contributed by atoms with Crippen LogP contribution in [0.2, 0.25) is 0 Å². The van der Waals surface area contributed by atoms with Crippen molar-refractivity contribution in [3.8, 4) is 0 Å². The minimum Gasteiger partial charge on any atom is -0.369 e. The number of primary amides is 1. The van der Waals surface area contributed by atoms with E-state index in [2.05, 4.69) is 5.32 Å². The van der Waals surface area contributed by atoms with E-state index in [1.54, 1.807) is 17.0 Å². The second-order valence-electron chi connectivity index (χ2n) is 7.98. The summed E-state index contributed by atoms with van der Waals surface area (Å²) < 4.78 is 13.7. The van der Waals surface area contributed by atoms with Crippen LogP contribution in [0, 0.1) is 11.7 Å². The van der Waals surface area contributed by atoms with Crippen molar-refractivity contribution in [1.29, 1.82) is 0 Å². The maximum atomic E-state index is 13.7. The van der Waals surface area contributed by atoms with Crippen molar-refractivity contribution >= 4 is 29.1 Å². The zero-order chi connectivity index (χ0) is 19.9. The zero-order valence-electron chi connectivity index (χ0n) is 15.6. The van der Waals surface area contributed by atoms with Gasteiger partial charge in [0, 0.05) is 30.7 Å². The molecule has 0 spiro atoms. The number of piperazine rings is 1. The van der Waals surface area contributed by atoms with E-state index in [0.29, 0.717) is 35.9 Å². The fraction of sp³-hybridized carbons (Fsp3) is 0.474. The predicted molar refractivity (Wildman–Crippen MR) is 102 cm³/mol. The molecule has 2 heterocycles. The van der Waals surface area contributed by atoms with Gasteiger partial charge in [-0.2, -0.15) is 0 Å². The van der Waals surface area contributed by atoms with Crippen LogP contribution in [0.15, 0.2) is 29.4 Å². The first-order valence-electron chi connectivity index (χ1n) is 8.87. The molecule has 8 heteroatoms. The maximum absolute atomic E-state index is 13.7. The third-order valence-corrected chi connectivity index (χ3v) is 5.22.